The van der Waals surface area contributed by atoms with Crippen molar-refractivity contribution < 1.29 is 0 Å². The topological polar surface area (TPSA) is 65.1 Å². The van der Waals surface area contributed by atoms with Gasteiger partial charge >= 0.3 is 0 Å². The Morgan fingerprint density at radius 2 is 2.07 bits per heavy atom. The van der Waals surface area contributed by atoms with Gasteiger partial charge in [-0.25, -0.2) is 9.98 Å². The highest BCUT2D eigenvalue weighted by Crippen LogP contribution is 2.22. The summed E-state index contributed by atoms with van der Waals surface area (Å²) in [7, 11) is 0. The van der Waals surface area contributed by atoms with Crippen molar-refractivity contribution in [2.24, 2.45) is 4.99 Å². The van der Waals surface area contributed by atoms with Crippen molar-refractivity contribution in [3.63, 3.8) is 0 Å². The molecule has 5 nitrogen and oxygen atoms in total. The molecule has 27 heavy (non-hydrogen) atoms. The van der Waals surface area contributed by atoms with Gasteiger partial charge in [0.05, 0.1) is 6.54 Å². The predicted molar refractivity (Wildman–Crippen MR) is 126 cm³/mol. The molecule has 2 heterocycles. The first-order chi connectivity index (χ1) is 12.7. The van der Waals surface area contributed by atoms with Crippen molar-refractivity contribution in [3.05, 3.63) is 51.6 Å². The lowest BCUT2D eigenvalue weighted by Crippen LogP contribution is -2.38. The van der Waals surface area contributed by atoms with Crippen LogP contribution in [0.2, 0.25) is 0 Å². The molecule has 0 saturated carbocycles. The third kappa shape index (κ3) is 5.68. The highest BCUT2D eigenvalue weighted by molar-refractivity contribution is 14.0. The smallest absolute Gasteiger partial charge is 0.191 e. The van der Waals surface area contributed by atoms with Crippen LogP contribution in [0, 0.1) is 6.92 Å². The van der Waals surface area contributed by atoms with Gasteiger partial charge in [-0.1, -0.05) is 25.1 Å². The van der Waals surface area contributed by atoms with Gasteiger partial charge in [0.15, 0.2) is 5.96 Å². The van der Waals surface area contributed by atoms with Crippen LogP contribution < -0.4 is 10.6 Å². The van der Waals surface area contributed by atoms with Crippen LogP contribution in [0.25, 0.3) is 10.9 Å². The maximum Gasteiger partial charge on any atom is 0.191 e. The first-order valence-electron chi connectivity index (χ1n) is 9.22. The fraction of sp³-hybridized carbons (Fsp3) is 0.400. The lowest BCUT2D eigenvalue weighted by atomic mass is 10.1. The number of aromatic nitrogens is 2. The van der Waals surface area contributed by atoms with Crippen molar-refractivity contribution >= 4 is 52.2 Å². The number of aliphatic imine (C=N–C) groups is 1. The minimum atomic E-state index is 0. The number of aromatic amines is 1. The van der Waals surface area contributed by atoms with Gasteiger partial charge in [0.1, 0.15) is 5.01 Å². The third-order valence-electron chi connectivity index (χ3n) is 4.34. The summed E-state index contributed by atoms with van der Waals surface area (Å²) in [6.07, 6.45) is 6.03. The molecule has 0 aliphatic rings. The lowest BCUT2D eigenvalue weighted by Gasteiger charge is -2.10. The van der Waals surface area contributed by atoms with E-state index < -0.39 is 0 Å². The third-order valence-corrected chi connectivity index (χ3v) is 5.24. The van der Waals surface area contributed by atoms with E-state index in [1.807, 2.05) is 6.20 Å². The lowest BCUT2D eigenvalue weighted by molar-refractivity contribution is 0.801. The summed E-state index contributed by atoms with van der Waals surface area (Å²) in [6, 6.07) is 6.54. The number of fused-ring (bicyclic) bond motifs is 1. The standard InChI is InChI=1S/C20H27N5S.HI/c1-4-15-7-6-8-17-16(12-24-19(15)17)9-10-22-20(21-5-2)25-13-18-23-11-14(3)26-18;/h6-8,11-12,24H,4-5,9-10,13H2,1-3H3,(H2,21,22,25);1H. The first kappa shape index (κ1) is 21.7. The van der Waals surface area contributed by atoms with Crippen molar-refractivity contribution in [1.29, 1.82) is 0 Å². The quantitative estimate of drug-likeness (QED) is 0.258. The van der Waals surface area contributed by atoms with Gasteiger partial charge in [0, 0.05) is 41.3 Å². The molecule has 146 valence electrons. The van der Waals surface area contributed by atoms with Crippen LogP contribution in [0.15, 0.2) is 35.6 Å². The summed E-state index contributed by atoms with van der Waals surface area (Å²) in [6.45, 7) is 8.64. The molecule has 0 spiro atoms. The molecular weight excluding hydrogens is 469 g/mol. The Kier molecular flexibility index (Phi) is 8.56. The zero-order valence-corrected chi connectivity index (χ0v) is 19.3. The van der Waals surface area contributed by atoms with Crippen molar-refractivity contribution in [2.75, 3.05) is 13.1 Å². The summed E-state index contributed by atoms with van der Waals surface area (Å²) in [5, 5.41) is 9.10. The van der Waals surface area contributed by atoms with Crippen molar-refractivity contribution in [3.8, 4) is 0 Å². The molecule has 1 aromatic carbocycles. The predicted octanol–water partition coefficient (Wildman–Crippen LogP) is 4.41. The molecule has 3 N–H and O–H groups in total. The average Bonchev–Trinajstić information content (AvgIpc) is 3.25. The largest absolute Gasteiger partial charge is 0.361 e. The number of rotatable bonds is 7. The molecule has 0 unspecified atom stereocenters. The maximum atomic E-state index is 4.64. The Hall–Kier alpha value is -1.61. The molecule has 0 amide bonds. The van der Waals surface area contributed by atoms with E-state index in [9.17, 15) is 0 Å². The van der Waals surface area contributed by atoms with E-state index >= 15 is 0 Å². The highest BCUT2D eigenvalue weighted by Gasteiger charge is 2.07. The molecule has 0 saturated heterocycles. The second-order valence-corrected chi connectivity index (χ2v) is 7.56. The van der Waals surface area contributed by atoms with E-state index in [0.29, 0.717) is 6.54 Å². The van der Waals surface area contributed by atoms with Gasteiger partial charge in [-0.2, -0.15) is 0 Å². The van der Waals surface area contributed by atoms with Gasteiger partial charge in [-0.05, 0) is 37.8 Å². The number of nitrogens with zero attached hydrogens (tertiary/aromatic N) is 2. The van der Waals surface area contributed by atoms with Gasteiger partial charge in [0.25, 0.3) is 0 Å². The monoisotopic (exact) mass is 497 g/mol. The number of halogens is 1. The van der Waals surface area contributed by atoms with E-state index in [-0.39, 0.29) is 24.0 Å². The number of aryl methyl sites for hydroxylation is 2. The molecule has 0 fully saturated rings. The summed E-state index contributed by atoms with van der Waals surface area (Å²) in [5.74, 6) is 0.842. The SMILES string of the molecule is CCNC(=NCc1ncc(C)s1)NCCc1c[nH]c2c(CC)cccc12.I. The zero-order chi connectivity index (χ0) is 18.4. The zero-order valence-electron chi connectivity index (χ0n) is 16.1. The number of thiazole rings is 1. The second kappa shape index (κ2) is 10.7. The maximum absolute atomic E-state index is 4.64. The second-order valence-electron chi connectivity index (χ2n) is 6.24. The van der Waals surface area contributed by atoms with E-state index in [1.165, 1.54) is 26.9 Å². The minimum Gasteiger partial charge on any atom is -0.361 e. The Labute approximate surface area is 182 Å². The van der Waals surface area contributed by atoms with Gasteiger partial charge in [-0.3, -0.25) is 0 Å². The van der Waals surface area contributed by atoms with Crippen LogP contribution in [-0.4, -0.2) is 29.0 Å². The number of H-pyrrole nitrogens is 1. The molecule has 0 atom stereocenters. The average molecular weight is 497 g/mol. The number of nitrogens with one attached hydrogen (secondary N) is 3. The fourth-order valence-corrected chi connectivity index (χ4v) is 3.77. The fourth-order valence-electron chi connectivity index (χ4n) is 3.06. The van der Waals surface area contributed by atoms with Gasteiger partial charge in [0.2, 0.25) is 0 Å². The molecular formula is C20H28IN5S. The Morgan fingerprint density at radius 3 is 2.78 bits per heavy atom. The molecule has 3 rings (SSSR count). The van der Waals surface area contributed by atoms with Crippen LogP contribution in [0.1, 0.15) is 34.9 Å². The summed E-state index contributed by atoms with van der Waals surface area (Å²) < 4.78 is 0. The van der Waals surface area contributed by atoms with Crippen molar-refractivity contribution in [1.82, 2.24) is 20.6 Å². The first-order valence-corrected chi connectivity index (χ1v) is 10.0. The normalized spacial score (nSPS) is 11.4. The van der Waals surface area contributed by atoms with E-state index in [2.05, 4.69) is 70.8 Å². The van der Waals surface area contributed by atoms with E-state index in [4.69, 9.17) is 0 Å². The van der Waals surface area contributed by atoms with E-state index in [1.54, 1.807) is 11.3 Å². The molecule has 0 bridgehead atoms. The molecule has 3 aromatic rings. The Balaban J connectivity index is 0.00000261. The van der Waals surface area contributed by atoms with Crippen LogP contribution in [0.4, 0.5) is 0 Å². The van der Waals surface area contributed by atoms with Crippen LogP contribution in [0.3, 0.4) is 0 Å². The number of hydrogen-bond acceptors (Lipinski definition) is 3. The number of para-hydroxylation sites is 1. The molecule has 0 aliphatic heterocycles. The highest BCUT2D eigenvalue weighted by atomic mass is 127. The summed E-state index contributed by atoms with van der Waals surface area (Å²) in [4.78, 5) is 13.7. The molecule has 0 radical (unpaired) electrons. The molecule has 7 heteroatoms. The summed E-state index contributed by atoms with van der Waals surface area (Å²) >= 11 is 1.70. The molecule has 0 aliphatic carbocycles. The molecule has 2 aromatic heterocycles. The Bertz CT molecular complexity index is 884. The summed E-state index contributed by atoms with van der Waals surface area (Å²) in [5.41, 5.74) is 3.98. The number of hydrogen-bond donors (Lipinski definition) is 3. The van der Waals surface area contributed by atoms with Gasteiger partial charge < -0.3 is 15.6 Å². The Morgan fingerprint density at radius 1 is 1.22 bits per heavy atom. The van der Waals surface area contributed by atoms with Gasteiger partial charge in [-0.15, -0.1) is 35.3 Å². The number of benzene rings is 1. The van der Waals surface area contributed by atoms with Crippen LogP contribution >= 0.6 is 35.3 Å². The minimum absolute atomic E-state index is 0. The van der Waals surface area contributed by atoms with Crippen LogP contribution in [0.5, 0.6) is 0 Å². The van der Waals surface area contributed by atoms with Crippen LogP contribution in [-0.2, 0) is 19.4 Å². The van der Waals surface area contributed by atoms with Crippen molar-refractivity contribution in [2.45, 2.75) is 40.2 Å². The number of guanidine groups is 1. The van der Waals surface area contributed by atoms with E-state index in [0.717, 1.165) is 36.9 Å².